The van der Waals surface area contributed by atoms with E-state index in [9.17, 15) is 32.4 Å². The van der Waals surface area contributed by atoms with Crippen LogP contribution in [0.1, 0.15) is 13.3 Å². The average molecular weight is 588 g/mol. The summed E-state index contributed by atoms with van der Waals surface area (Å²) in [5, 5.41) is 8.07. The maximum absolute atomic E-state index is 12.6. The molecule has 0 aliphatic heterocycles. The molecule has 0 radical (unpaired) electrons. The SMILES string of the molecule is C[C@@](CCn1ccc(-c2ccc(-n3nccn3)cc2)cc1=O)(C(=O)NOP(=O)([O-])[O-])S(C)(=O)=O.[K+].[K+]. The molecule has 1 aromatic carbocycles. The minimum absolute atomic E-state index is 0. The summed E-state index contributed by atoms with van der Waals surface area (Å²) in [6.07, 6.45) is 4.92. The van der Waals surface area contributed by atoms with E-state index in [1.807, 2.05) is 0 Å². The fourth-order valence-corrected chi connectivity index (χ4v) is 4.05. The van der Waals surface area contributed by atoms with Gasteiger partial charge in [0.05, 0.1) is 25.9 Å². The van der Waals surface area contributed by atoms with Crippen LogP contribution in [0.4, 0.5) is 0 Å². The molecular weight excluding hydrogens is 567 g/mol. The van der Waals surface area contributed by atoms with Gasteiger partial charge in [-0.25, -0.2) is 18.5 Å². The number of benzene rings is 1. The summed E-state index contributed by atoms with van der Waals surface area (Å²) in [4.78, 5) is 47.5. The number of aromatic nitrogens is 4. The molecule has 0 saturated heterocycles. The molecule has 182 valence electrons. The third-order valence-corrected chi connectivity index (χ3v) is 7.57. The van der Waals surface area contributed by atoms with Crippen LogP contribution in [-0.4, -0.2) is 44.9 Å². The van der Waals surface area contributed by atoms with Gasteiger partial charge in [0.25, 0.3) is 11.5 Å². The van der Waals surface area contributed by atoms with Crippen molar-refractivity contribution in [2.75, 3.05) is 6.26 Å². The van der Waals surface area contributed by atoms with Crippen molar-refractivity contribution in [3.05, 3.63) is 65.3 Å². The number of nitrogens with zero attached hydrogens (tertiary/aromatic N) is 4. The Morgan fingerprint density at radius 3 is 2.19 bits per heavy atom. The van der Waals surface area contributed by atoms with E-state index in [1.54, 1.807) is 42.7 Å². The summed E-state index contributed by atoms with van der Waals surface area (Å²) >= 11 is 0. The van der Waals surface area contributed by atoms with Crippen LogP contribution in [0.3, 0.4) is 0 Å². The number of pyridine rings is 1. The Morgan fingerprint density at radius 2 is 1.69 bits per heavy atom. The summed E-state index contributed by atoms with van der Waals surface area (Å²) in [5.74, 6) is -1.35. The molecule has 2 heterocycles. The molecular formula is C19H20K2N5O8PS. The molecule has 1 amide bonds. The first-order chi connectivity index (χ1) is 15.8. The van der Waals surface area contributed by atoms with E-state index in [0.29, 0.717) is 5.56 Å². The van der Waals surface area contributed by atoms with Gasteiger partial charge in [0, 0.05) is 25.1 Å². The molecule has 13 nitrogen and oxygen atoms in total. The fourth-order valence-electron chi connectivity index (χ4n) is 3.01. The Balaban J connectivity index is 0.00000324. The Kier molecular flexibility index (Phi) is 13.2. The number of hydroxylamine groups is 1. The van der Waals surface area contributed by atoms with Crippen molar-refractivity contribution >= 4 is 23.6 Å². The van der Waals surface area contributed by atoms with Gasteiger partial charge in [-0.1, -0.05) is 12.1 Å². The molecule has 3 rings (SSSR count). The zero-order valence-electron chi connectivity index (χ0n) is 20.0. The zero-order chi connectivity index (χ0) is 25.1. The van der Waals surface area contributed by atoms with Crippen molar-refractivity contribution < 1.29 is 135 Å². The summed E-state index contributed by atoms with van der Waals surface area (Å²) in [6.45, 7) is 0.851. The molecule has 36 heavy (non-hydrogen) atoms. The third-order valence-electron chi connectivity index (χ3n) is 5.23. The van der Waals surface area contributed by atoms with Crippen LogP contribution < -0.4 is 124 Å². The minimum Gasteiger partial charge on any atom is -0.788 e. The Morgan fingerprint density at radius 1 is 1.11 bits per heavy atom. The summed E-state index contributed by atoms with van der Waals surface area (Å²) in [7, 11) is -9.67. The van der Waals surface area contributed by atoms with Gasteiger partial charge < -0.3 is 18.9 Å². The standard InChI is InChI=1S/C19H22N5O8PS.2K/c1-19(34(2,30)31,18(26)22-32-33(27,28)29)8-12-23-11-7-15(13-17(23)25)14-3-5-16(6-4-14)24-20-9-10-21-24;;/h3-7,9-11,13H,8,12H2,1-2H3,(H,22,26)(H2,27,28,29);;/q;2*+1/p-2/t19-;;/m1../s1. The number of amides is 1. The van der Waals surface area contributed by atoms with Gasteiger partial charge in [0.2, 0.25) is 0 Å². The Bertz CT molecular complexity index is 1390. The van der Waals surface area contributed by atoms with Crippen LogP contribution >= 0.6 is 7.82 Å². The smallest absolute Gasteiger partial charge is 0.788 e. The van der Waals surface area contributed by atoms with E-state index in [4.69, 9.17) is 0 Å². The van der Waals surface area contributed by atoms with Crippen molar-refractivity contribution in [2.45, 2.75) is 24.6 Å². The van der Waals surface area contributed by atoms with E-state index >= 15 is 0 Å². The molecule has 1 atom stereocenters. The summed E-state index contributed by atoms with van der Waals surface area (Å²) in [5.41, 5.74) is 3.00. The second kappa shape index (κ2) is 14.0. The van der Waals surface area contributed by atoms with Crippen molar-refractivity contribution in [3.8, 4) is 16.8 Å². The van der Waals surface area contributed by atoms with Crippen LogP contribution in [0, 0.1) is 0 Å². The normalized spacial score (nSPS) is 13.1. The first-order valence-corrected chi connectivity index (χ1v) is 13.0. The largest absolute Gasteiger partial charge is 1.00 e. The number of phosphoric acid groups is 1. The van der Waals surface area contributed by atoms with Gasteiger partial charge in [-0.05, 0) is 42.7 Å². The molecule has 17 heteroatoms. The van der Waals surface area contributed by atoms with Crippen LogP contribution in [-0.2, 0) is 30.4 Å². The van der Waals surface area contributed by atoms with E-state index in [2.05, 4.69) is 14.8 Å². The molecule has 2 aromatic heterocycles. The van der Waals surface area contributed by atoms with Gasteiger partial charge in [0.15, 0.2) is 14.6 Å². The average Bonchev–Trinajstić information content (AvgIpc) is 3.30. The Hall–Kier alpha value is 0.113. The van der Waals surface area contributed by atoms with E-state index < -0.39 is 40.3 Å². The molecule has 1 N–H and O–H groups in total. The number of hydrogen-bond acceptors (Lipinski definition) is 10. The van der Waals surface area contributed by atoms with E-state index in [1.165, 1.54) is 27.1 Å². The van der Waals surface area contributed by atoms with Crippen molar-refractivity contribution in [1.29, 1.82) is 0 Å². The number of nitrogens with one attached hydrogen (secondary N) is 1. The quantitative estimate of drug-likeness (QED) is 0.143. The maximum atomic E-state index is 12.6. The van der Waals surface area contributed by atoms with Gasteiger partial charge in [-0.15, -0.1) is 0 Å². The second-order valence-electron chi connectivity index (χ2n) is 7.54. The summed E-state index contributed by atoms with van der Waals surface area (Å²) in [6, 6.07) is 10.1. The zero-order valence-corrected chi connectivity index (χ0v) is 28.0. The molecule has 3 aromatic rings. The number of carbonyl (C=O) groups excluding carboxylic acids is 1. The van der Waals surface area contributed by atoms with Crippen molar-refractivity contribution in [1.82, 2.24) is 25.0 Å². The molecule has 0 unspecified atom stereocenters. The van der Waals surface area contributed by atoms with Crippen LogP contribution in [0.25, 0.3) is 16.8 Å². The monoisotopic (exact) mass is 587 g/mol. The first-order valence-electron chi connectivity index (χ1n) is 9.68. The molecule has 0 fully saturated rings. The number of sulfone groups is 1. The molecule has 0 aliphatic rings. The van der Waals surface area contributed by atoms with Crippen molar-refractivity contribution in [2.24, 2.45) is 0 Å². The molecule has 0 aliphatic carbocycles. The van der Waals surface area contributed by atoms with Gasteiger partial charge in [-0.3, -0.25) is 9.59 Å². The number of hydrogen-bond donors (Lipinski definition) is 1. The van der Waals surface area contributed by atoms with E-state index in [0.717, 1.165) is 24.4 Å². The number of aryl methyl sites for hydroxylation is 1. The topological polar surface area (TPSA) is 188 Å². The Labute approximate surface area is 292 Å². The minimum atomic E-state index is -5.57. The van der Waals surface area contributed by atoms with Gasteiger partial charge >= 0.3 is 103 Å². The maximum Gasteiger partial charge on any atom is 1.00 e. The van der Waals surface area contributed by atoms with Crippen LogP contribution in [0.15, 0.2) is 59.8 Å². The predicted molar refractivity (Wildman–Crippen MR) is 116 cm³/mol. The van der Waals surface area contributed by atoms with Crippen LogP contribution in [0.5, 0.6) is 0 Å². The second-order valence-corrected chi connectivity index (χ2v) is 11.1. The number of rotatable bonds is 9. The summed E-state index contributed by atoms with van der Waals surface area (Å²) < 4.78 is 37.8. The first kappa shape index (κ1) is 34.1. The fraction of sp³-hybridized carbons (Fsp3) is 0.263. The molecule has 0 saturated carbocycles. The molecule has 0 spiro atoms. The van der Waals surface area contributed by atoms with Gasteiger partial charge in [-0.2, -0.15) is 15.0 Å². The predicted octanol–water partition coefficient (Wildman–Crippen LogP) is -6.83. The van der Waals surface area contributed by atoms with Crippen LogP contribution in [0.2, 0.25) is 0 Å². The van der Waals surface area contributed by atoms with Gasteiger partial charge in [0.1, 0.15) is 0 Å². The van der Waals surface area contributed by atoms with Crippen molar-refractivity contribution in [3.63, 3.8) is 0 Å². The van der Waals surface area contributed by atoms with E-state index in [-0.39, 0.29) is 109 Å². The molecule has 0 bridgehead atoms. The number of carbonyl (C=O) groups is 1. The third kappa shape index (κ3) is 8.82.